The van der Waals surface area contributed by atoms with Gasteiger partial charge in [-0.15, -0.1) is 11.8 Å². The molecule has 9 rings (SSSR count). The number of nitrogens with zero attached hydrogens (tertiary/aromatic N) is 5. The minimum absolute atomic E-state index is 0.0137. The van der Waals surface area contributed by atoms with Crippen LogP contribution in [0.3, 0.4) is 0 Å². The van der Waals surface area contributed by atoms with Gasteiger partial charge in [0.25, 0.3) is 0 Å². The summed E-state index contributed by atoms with van der Waals surface area (Å²) in [5.74, 6) is -28.3. The highest BCUT2D eigenvalue weighted by molar-refractivity contribution is 8.00. The predicted octanol–water partition coefficient (Wildman–Crippen LogP) is -0.235. The highest BCUT2D eigenvalue weighted by Crippen LogP contribution is 2.28. The van der Waals surface area contributed by atoms with Crippen LogP contribution >= 0.6 is 11.8 Å². The lowest BCUT2D eigenvalue weighted by atomic mass is 9.98. The van der Waals surface area contributed by atoms with Crippen LogP contribution in [0.1, 0.15) is 106 Å². The van der Waals surface area contributed by atoms with Gasteiger partial charge in [0.05, 0.1) is 38.0 Å². The van der Waals surface area contributed by atoms with E-state index in [1.165, 1.54) is 57.3 Å². The molecule has 5 aromatic carbocycles. The van der Waals surface area contributed by atoms with Crippen molar-refractivity contribution in [3.63, 3.8) is 0 Å². The van der Waals surface area contributed by atoms with Gasteiger partial charge in [-0.05, 0) is 108 Å². The minimum atomic E-state index is -2.09. The Morgan fingerprint density at radius 2 is 1.12 bits per heavy atom. The molecule has 1 aromatic heterocycles. The molecular weight excluding hydrogens is 1800 g/mol. The molecule has 15 amide bonds. The van der Waals surface area contributed by atoms with Crippen molar-refractivity contribution in [1.29, 1.82) is 0 Å². The Balaban J connectivity index is 1.15. The van der Waals surface area contributed by atoms with E-state index in [0.717, 1.165) is 50.7 Å². The monoisotopic (exact) mass is 1920 g/mol. The number of aliphatic carboxylic acids is 2. The molecule has 0 aliphatic carbocycles. The molecule has 734 valence electrons. The van der Waals surface area contributed by atoms with Gasteiger partial charge in [-0.25, -0.2) is 17.6 Å². The number of fused-ring (bicyclic) bond motifs is 3. The number of likely N-dealkylation sites (N-methyl/N-ethyl adjacent to an activating group) is 3. The number of hydrogen-bond acceptors (Lipinski definition) is 22. The molecule has 4 heterocycles. The number of unbranched alkanes of at least 4 members (excludes halogenated alkanes) is 1. The number of halogens is 4. The lowest BCUT2D eigenvalue weighted by Crippen LogP contribution is -2.64. The number of ether oxygens (including phenoxy) is 1. The fourth-order valence-electron chi connectivity index (χ4n) is 16.1. The van der Waals surface area contributed by atoms with E-state index in [1.54, 1.807) is 67.7 Å². The number of rotatable bonds is 25. The van der Waals surface area contributed by atoms with Crippen LogP contribution in [-0.4, -0.2) is 307 Å². The minimum Gasteiger partial charge on any atom is -0.508 e. The van der Waals surface area contributed by atoms with Crippen LogP contribution < -0.4 is 59.3 Å². The zero-order valence-corrected chi connectivity index (χ0v) is 76.5. The molecule has 136 heavy (non-hydrogen) atoms. The first kappa shape index (κ1) is 106. The Labute approximate surface area is 784 Å². The maximum atomic E-state index is 15.7. The van der Waals surface area contributed by atoms with E-state index in [-0.39, 0.29) is 63.0 Å². The second kappa shape index (κ2) is 50.1. The SMILES string of the molecule is CCCC[C@H]1C(=O)N2C[C@H](O)C[C@@H]2C(=O)N[C@@H](CC(=O)O)C(=O)N[C@@H](C(C)C)C(=O)N(C)[C@@H](Cc2ccccc2)C(=O)N[C@@H](CCC(=O)O)C(=O)N2CCOC[C@@H]2C(=O)N[C@@H](Cc2c[nH]c3ccccc23)C(=O)N[C@@H](Cc2ccc(O)cc2)C(=O)N[C@@H](CCCN)C(=O)N[C@H](C(=O)NCC(N)=O)CSCC(=O)N[C@@H](Cc2cc(F)c(F)c(F)c2)C(=O)N(C)C(Cc2ccc(F)cc2)C(=O)N1C. The first-order valence-corrected chi connectivity index (χ1v) is 45.4. The van der Waals surface area contributed by atoms with Crippen molar-refractivity contribution >= 4 is 123 Å². The fourth-order valence-corrected chi connectivity index (χ4v) is 17.0. The number of aromatic nitrogens is 1. The van der Waals surface area contributed by atoms with Crippen LogP contribution in [0.15, 0.2) is 121 Å². The van der Waals surface area contributed by atoms with Crippen molar-refractivity contribution < 1.29 is 124 Å². The van der Waals surface area contributed by atoms with Gasteiger partial charge in [0, 0.05) is 102 Å². The van der Waals surface area contributed by atoms with Crippen molar-refractivity contribution in [2.24, 2.45) is 17.4 Å². The van der Waals surface area contributed by atoms with E-state index in [4.69, 9.17) is 16.2 Å². The summed E-state index contributed by atoms with van der Waals surface area (Å²) in [6.07, 6.45) is -5.60. The summed E-state index contributed by atoms with van der Waals surface area (Å²) in [6, 6.07) is 2.85. The van der Waals surface area contributed by atoms with Crippen molar-refractivity contribution in [3.8, 4) is 5.75 Å². The van der Waals surface area contributed by atoms with Crippen molar-refractivity contribution in [1.82, 2.24) is 77.3 Å². The quantitative estimate of drug-likeness (QED) is 0.0260. The molecule has 44 heteroatoms. The molecule has 0 spiro atoms. The number of aromatic amines is 1. The number of carbonyl (C=O) groups is 17. The molecule has 3 fully saturated rings. The Morgan fingerprint density at radius 3 is 1.76 bits per heavy atom. The molecule has 0 radical (unpaired) electrons. The molecule has 6 aromatic rings. The summed E-state index contributed by atoms with van der Waals surface area (Å²) in [7, 11) is 3.42. The van der Waals surface area contributed by atoms with Crippen molar-refractivity contribution in [2.45, 2.75) is 195 Å². The number of phenolic OH excluding ortho intramolecular Hbond substituents is 1. The molecule has 0 bridgehead atoms. The maximum absolute atomic E-state index is 15.7. The van der Waals surface area contributed by atoms with E-state index < -0.39 is 303 Å². The van der Waals surface area contributed by atoms with E-state index in [2.05, 4.69) is 52.8 Å². The second-order valence-electron chi connectivity index (χ2n) is 34.0. The average molecular weight is 1920 g/mol. The van der Waals surface area contributed by atoms with Gasteiger partial charge in [-0.1, -0.05) is 106 Å². The summed E-state index contributed by atoms with van der Waals surface area (Å²) in [4.78, 5) is 258. The lowest BCUT2D eigenvalue weighted by molar-refractivity contribution is -0.152. The van der Waals surface area contributed by atoms with Gasteiger partial charge in [0.1, 0.15) is 90.1 Å². The fraction of sp³-hybridized carbons (Fsp3) is 0.467. The highest BCUT2D eigenvalue weighted by Gasteiger charge is 2.48. The summed E-state index contributed by atoms with van der Waals surface area (Å²) in [5.41, 5.74) is 12.9. The van der Waals surface area contributed by atoms with Crippen molar-refractivity contribution in [3.05, 3.63) is 173 Å². The molecule has 39 nitrogen and oxygen atoms in total. The van der Waals surface area contributed by atoms with Gasteiger partial charge in [0.15, 0.2) is 17.5 Å². The van der Waals surface area contributed by atoms with Gasteiger partial charge in [-0.3, -0.25) is 81.5 Å². The standard InChI is InChI=1S/C92H115F4N17O22S/c1-7-8-20-69-91(133)113-45-57(115)41-71(113)86(128)106-66(42-77(120)121)84(126)108-79(49(2)3)92(134)110(5)70(38-50-15-10-9-11-16-50)85(127)103-63(29-30-76(118)119)89(131)112-32-33-135-46-73(112)87(129)105-65(40-54-43-99-61-18-13-12-17-58(54)61)83(125)104-64(36-51-23-27-56(114)28-24-51)82(124)102-62(19-14-31-97)81(123)107-68(80(122)100-44-74(98)116)47-136-48-75(117)101-67(37-53-34-59(94)78(96)60(95)35-53)88(130)111(6)72(90(132)109(69)4)39-52-21-25-55(93)26-22-52/h9-13,15-18,21-28,34-35,43,49,57,62-73,79,99,114-115H,7-8,14,19-20,29-33,36-42,44-48,97H2,1-6H3,(H2,98,116)(H,100,122)(H,101,117)(H,102,124)(H,103,127)(H,104,125)(H,105,129)(H,106,128)(H,107,123)(H,108,126)(H,118,119)(H,120,121)/t57-,62+,63+,64+,65+,66+,67+,68+,69+,70+,71-,72?,73-,79+/m1/s1. The second-order valence-corrected chi connectivity index (χ2v) is 35.0. The number of benzene rings is 5. The number of thioether (sulfide) groups is 1. The number of aromatic hydroxyl groups is 1. The number of carbonyl (C=O) groups excluding carboxylic acids is 15. The third kappa shape index (κ3) is 29.4. The summed E-state index contributed by atoms with van der Waals surface area (Å²) in [6.45, 7) is 1.92. The number of phenols is 1. The van der Waals surface area contributed by atoms with Gasteiger partial charge >= 0.3 is 11.9 Å². The zero-order chi connectivity index (χ0) is 99.5. The molecule has 0 saturated carbocycles. The number of primary amides is 1. The van der Waals surface area contributed by atoms with Crippen LogP contribution in [0, 0.1) is 29.2 Å². The van der Waals surface area contributed by atoms with Crippen LogP contribution in [0.5, 0.6) is 5.75 Å². The van der Waals surface area contributed by atoms with Crippen LogP contribution in [-0.2, 0) is 118 Å². The number of carboxylic acid groups (broad SMARTS) is 2. The third-order valence-corrected chi connectivity index (χ3v) is 24.7. The maximum Gasteiger partial charge on any atom is 0.305 e. The summed E-state index contributed by atoms with van der Waals surface area (Å²) < 4.78 is 65.6. The first-order chi connectivity index (χ1) is 64.6. The van der Waals surface area contributed by atoms with E-state index >= 15 is 51.9 Å². The van der Waals surface area contributed by atoms with Gasteiger partial charge in [0.2, 0.25) is 88.6 Å². The molecule has 3 aliphatic rings. The molecule has 3 aliphatic heterocycles. The Hall–Kier alpha value is -13.6. The third-order valence-electron chi connectivity index (χ3n) is 23.6. The highest BCUT2D eigenvalue weighted by atomic mass is 32.2. The average Bonchev–Trinajstić information content (AvgIpc) is 1.65. The van der Waals surface area contributed by atoms with E-state index in [1.807, 2.05) is 0 Å². The van der Waals surface area contributed by atoms with Crippen LogP contribution in [0.25, 0.3) is 10.9 Å². The Morgan fingerprint density at radius 1 is 0.551 bits per heavy atom. The summed E-state index contributed by atoms with van der Waals surface area (Å²) in [5, 5.41) is 65.6. The Bertz CT molecular complexity index is 5290. The number of carboxylic acids is 2. The van der Waals surface area contributed by atoms with Gasteiger partial charge in [-0.2, -0.15) is 0 Å². The van der Waals surface area contributed by atoms with Gasteiger partial charge < -0.3 is 114 Å². The number of amides is 15. The number of nitrogens with one attached hydrogen (secondary N) is 10. The number of aliphatic hydroxyl groups is 1. The molecule has 18 N–H and O–H groups in total. The molecule has 14 atom stereocenters. The Kier molecular flexibility index (Phi) is 39.1. The predicted molar refractivity (Wildman–Crippen MR) is 483 cm³/mol. The molecule has 3 saturated heterocycles. The topological polar surface area (TPSA) is 573 Å². The lowest BCUT2D eigenvalue weighted by Gasteiger charge is -2.38. The summed E-state index contributed by atoms with van der Waals surface area (Å²) >= 11 is 0.600. The van der Waals surface area contributed by atoms with Crippen molar-refractivity contribution in [2.75, 3.05) is 72.0 Å². The smallest absolute Gasteiger partial charge is 0.305 e. The molecule has 1 unspecified atom stereocenters. The number of para-hydroxylation sites is 1. The van der Waals surface area contributed by atoms with E-state index in [9.17, 15) is 67.6 Å². The molecular formula is C92H115F4N17O22S. The number of H-pyrrole nitrogens is 1. The normalized spacial score (nSPS) is 23.9. The number of morpholine rings is 1. The number of hydrogen-bond donors (Lipinski definition) is 16. The first-order valence-electron chi connectivity index (χ1n) is 44.3. The van der Waals surface area contributed by atoms with Crippen LogP contribution in [0.4, 0.5) is 17.6 Å². The number of aliphatic hydroxyl groups excluding tert-OH is 1. The van der Waals surface area contributed by atoms with E-state index in [0.29, 0.717) is 57.9 Å². The zero-order valence-electron chi connectivity index (χ0n) is 75.7. The largest absolute Gasteiger partial charge is 0.508 e. The number of nitrogens with two attached hydrogens (primary N) is 2. The van der Waals surface area contributed by atoms with Crippen LogP contribution in [0.2, 0.25) is 0 Å².